The van der Waals surface area contributed by atoms with Gasteiger partial charge in [-0.05, 0) is 39.3 Å². The molecular formula is C18H32IN3O3. The summed E-state index contributed by atoms with van der Waals surface area (Å²) in [6, 6.07) is 5.76. The minimum absolute atomic E-state index is 0. The highest BCUT2D eigenvalue weighted by Gasteiger charge is 2.05. The minimum Gasteiger partial charge on any atom is -0.497 e. The monoisotopic (exact) mass is 465 g/mol. The van der Waals surface area contributed by atoms with E-state index in [-0.39, 0.29) is 30.1 Å². The molecule has 1 rings (SSSR count). The summed E-state index contributed by atoms with van der Waals surface area (Å²) in [7, 11) is 3.29. The van der Waals surface area contributed by atoms with Gasteiger partial charge in [0.1, 0.15) is 11.5 Å². The standard InChI is InChI=1S/C18H31N3O3.HI/c1-6-19-18(20-10-7-11-24-14(2)3)21-13-15-8-9-16(22-4)12-17(15)23-5;/h8-9,12,14H,6-7,10-11,13H2,1-5H3,(H2,19,20,21);1H. The zero-order chi connectivity index (χ0) is 17.8. The lowest BCUT2D eigenvalue weighted by molar-refractivity contribution is 0.0776. The van der Waals surface area contributed by atoms with E-state index in [2.05, 4.69) is 15.6 Å². The number of benzene rings is 1. The lowest BCUT2D eigenvalue weighted by atomic mass is 10.2. The molecule has 0 bridgehead atoms. The van der Waals surface area contributed by atoms with Gasteiger partial charge in [0.05, 0.1) is 26.9 Å². The van der Waals surface area contributed by atoms with Crippen LogP contribution in [0.25, 0.3) is 0 Å². The van der Waals surface area contributed by atoms with Crippen LogP contribution in [0.2, 0.25) is 0 Å². The number of methoxy groups -OCH3 is 2. The van der Waals surface area contributed by atoms with Gasteiger partial charge in [-0.1, -0.05) is 0 Å². The van der Waals surface area contributed by atoms with Gasteiger partial charge < -0.3 is 24.8 Å². The van der Waals surface area contributed by atoms with Crippen LogP contribution >= 0.6 is 24.0 Å². The van der Waals surface area contributed by atoms with Gasteiger partial charge in [-0.15, -0.1) is 24.0 Å². The zero-order valence-electron chi connectivity index (χ0n) is 15.9. The van der Waals surface area contributed by atoms with E-state index in [0.717, 1.165) is 49.1 Å². The third-order valence-corrected chi connectivity index (χ3v) is 3.31. The van der Waals surface area contributed by atoms with Gasteiger partial charge in [-0.25, -0.2) is 4.99 Å². The molecule has 6 nitrogen and oxygen atoms in total. The van der Waals surface area contributed by atoms with Crippen molar-refractivity contribution in [3.05, 3.63) is 23.8 Å². The Morgan fingerprint density at radius 1 is 1.16 bits per heavy atom. The molecule has 0 spiro atoms. The van der Waals surface area contributed by atoms with Gasteiger partial charge in [-0.3, -0.25) is 0 Å². The second-order valence-corrected chi connectivity index (χ2v) is 5.57. The fourth-order valence-electron chi connectivity index (χ4n) is 2.09. The zero-order valence-corrected chi connectivity index (χ0v) is 18.3. The number of hydrogen-bond acceptors (Lipinski definition) is 4. The summed E-state index contributed by atoms with van der Waals surface area (Å²) in [5, 5.41) is 6.56. The van der Waals surface area contributed by atoms with Crippen molar-refractivity contribution in [1.82, 2.24) is 10.6 Å². The van der Waals surface area contributed by atoms with Crippen molar-refractivity contribution in [2.24, 2.45) is 4.99 Å². The molecule has 0 atom stereocenters. The fourth-order valence-corrected chi connectivity index (χ4v) is 2.09. The molecule has 0 radical (unpaired) electrons. The Morgan fingerprint density at radius 3 is 2.52 bits per heavy atom. The molecule has 1 aromatic rings. The maximum atomic E-state index is 5.54. The SMILES string of the molecule is CCNC(=NCc1ccc(OC)cc1OC)NCCCOC(C)C.I. The first-order chi connectivity index (χ1) is 11.6. The lowest BCUT2D eigenvalue weighted by Crippen LogP contribution is -2.38. The van der Waals surface area contributed by atoms with Crippen molar-refractivity contribution < 1.29 is 14.2 Å². The molecule has 0 saturated carbocycles. The Kier molecular flexibility index (Phi) is 13.3. The normalized spacial score (nSPS) is 11.0. The van der Waals surface area contributed by atoms with Crippen LogP contribution in [0.5, 0.6) is 11.5 Å². The van der Waals surface area contributed by atoms with Gasteiger partial charge in [0.15, 0.2) is 5.96 Å². The van der Waals surface area contributed by atoms with E-state index in [1.165, 1.54) is 0 Å². The molecule has 0 unspecified atom stereocenters. The summed E-state index contributed by atoms with van der Waals surface area (Å²) >= 11 is 0. The lowest BCUT2D eigenvalue weighted by Gasteiger charge is -2.13. The third-order valence-electron chi connectivity index (χ3n) is 3.31. The minimum atomic E-state index is 0. The van der Waals surface area contributed by atoms with Crippen molar-refractivity contribution in [3.8, 4) is 11.5 Å². The third kappa shape index (κ3) is 9.74. The highest BCUT2D eigenvalue weighted by Crippen LogP contribution is 2.25. The van der Waals surface area contributed by atoms with Crippen LogP contribution < -0.4 is 20.1 Å². The second kappa shape index (κ2) is 14.0. The molecule has 144 valence electrons. The fraction of sp³-hybridized carbons (Fsp3) is 0.611. The van der Waals surface area contributed by atoms with E-state index in [9.17, 15) is 0 Å². The molecule has 0 heterocycles. The molecule has 0 aliphatic carbocycles. The quantitative estimate of drug-likeness (QED) is 0.241. The molecule has 0 aliphatic heterocycles. The molecule has 7 heteroatoms. The van der Waals surface area contributed by atoms with Crippen LogP contribution in [0.4, 0.5) is 0 Å². The first-order valence-electron chi connectivity index (χ1n) is 8.45. The molecule has 0 fully saturated rings. The average molecular weight is 465 g/mol. The number of halogens is 1. The molecule has 0 saturated heterocycles. The number of ether oxygens (including phenoxy) is 3. The summed E-state index contributed by atoms with van der Waals surface area (Å²) in [5.41, 5.74) is 1.01. The van der Waals surface area contributed by atoms with Gasteiger partial charge >= 0.3 is 0 Å². The molecule has 25 heavy (non-hydrogen) atoms. The summed E-state index contributed by atoms with van der Waals surface area (Å²) in [6.45, 7) is 9.04. The maximum absolute atomic E-state index is 5.54. The number of rotatable bonds is 10. The van der Waals surface area contributed by atoms with E-state index >= 15 is 0 Å². The number of nitrogens with one attached hydrogen (secondary N) is 2. The Bertz CT molecular complexity index is 510. The molecule has 2 N–H and O–H groups in total. The Balaban J connectivity index is 0.00000576. The maximum Gasteiger partial charge on any atom is 0.191 e. The van der Waals surface area contributed by atoms with Crippen molar-refractivity contribution in [3.63, 3.8) is 0 Å². The van der Waals surface area contributed by atoms with E-state index in [1.54, 1.807) is 14.2 Å². The van der Waals surface area contributed by atoms with Crippen LogP contribution in [0.1, 0.15) is 32.8 Å². The van der Waals surface area contributed by atoms with Gasteiger partial charge in [0.25, 0.3) is 0 Å². The number of hydrogen-bond donors (Lipinski definition) is 2. The van der Waals surface area contributed by atoms with Crippen LogP contribution in [0.3, 0.4) is 0 Å². The Labute approximate surface area is 168 Å². The molecule has 0 aliphatic rings. The highest BCUT2D eigenvalue weighted by molar-refractivity contribution is 14.0. The molecular weight excluding hydrogens is 433 g/mol. The highest BCUT2D eigenvalue weighted by atomic mass is 127. The number of nitrogens with zero attached hydrogens (tertiary/aromatic N) is 1. The van der Waals surface area contributed by atoms with Crippen molar-refractivity contribution in [2.75, 3.05) is 33.9 Å². The predicted molar refractivity (Wildman–Crippen MR) is 113 cm³/mol. The molecule has 0 amide bonds. The largest absolute Gasteiger partial charge is 0.497 e. The van der Waals surface area contributed by atoms with Crippen LogP contribution in [-0.4, -0.2) is 46.0 Å². The first kappa shape index (κ1) is 23.8. The van der Waals surface area contributed by atoms with Crippen molar-refractivity contribution >= 4 is 29.9 Å². The smallest absolute Gasteiger partial charge is 0.191 e. The molecule has 1 aromatic carbocycles. The van der Waals surface area contributed by atoms with E-state index in [0.29, 0.717) is 6.54 Å². The summed E-state index contributed by atoms with van der Waals surface area (Å²) in [4.78, 5) is 4.61. The molecule has 0 aromatic heterocycles. The van der Waals surface area contributed by atoms with Crippen LogP contribution in [0, 0.1) is 0 Å². The number of aliphatic imine (C=N–C) groups is 1. The van der Waals surface area contributed by atoms with Gasteiger partial charge in [-0.2, -0.15) is 0 Å². The summed E-state index contributed by atoms with van der Waals surface area (Å²) in [6.07, 6.45) is 1.21. The number of guanidine groups is 1. The van der Waals surface area contributed by atoms with Gasteiger partial charge in [0.2, 0.25) is 0 Å². The summed E-state index contributed by atoms with van der Waals surface area (Å²) < 4.78 is 16.2. The first-order valence-corrected chi connectivity index (χ1v) is 8.45. The van der Waals surface area contributed by atoms with E-state index in [1.807, 2.05) is 39.0 Å². The topological polar surface area (TPSA) is 64.1 Å². The Hall–Kier alpha value is -1.22. The Morgan fingerprint density at radius 2 is 1.92 bits per heavy atom. The predicted octanol–water partition coefficient (Wildman–Crippen LogP) is 3.19. The van der Waals surface area contributed by atoms with E-state index in [4.69, 9.17) is 14.2 Å². The summed E-state index contributed by atoms with van der Waals surface area (Å²) in [5.74, 6) is 2.34. The average Bonchev–Trinajstić information content (AvgIpc) is 2.58. The second-order valence-electron chi connectivity index (χ2n) is 5.57. The van der Waals surface area contributed by atoms with Crippen molar-refractivity contribution in [1.29, 1.82) is 0 Å². The van der Waals surface area contributed by atoms with Crippen molar-refractivity contribution in [2.45, 2.75) is 39.8 Å². The van der Waals surface area contributed by atoms with Crippen LogP contribution in [-0.2, 0) is 11.3 Å². The van der Waals surface area contributed by atoms with Gasteiger partial charge in [0, 0.05) is 31.3 Å². The van der Waals surface area contributed by atoms with Crippen LogP contribution in [0.15, 0.2) is 23.2 Å². The van der Waals surface area contributed by atoms with E-state index < -0.39 is 0 Å².